The maximum Gasteiger partial charge on any atom is 0.121 e. The van der Waals surface area contributed by atoms with Gasteiger partial charge in [-0.2, -0.15) is 0 Å². The molecule has 0 aromatic carbocycles. The third kappa shape index (κ3) is 4.68. The van der Waals surface area contributed by atoms with E-state index in [1.807, 2.05) is 13.6 Å². The number of halogens is 1. The van der Waals surface area contributed by atoms with Crippen LogP contribution in [0.5, 0.6) is 0 Å². The Kier molecular flexibility index (Phi) is 4.29. The van der Waals surface area contributed by atoms with E-state index in [9.17, 15) is 0 Å². The predicted octanol–water partition coefficient (Wildman–Crippen LogP) is 2.20. The average Bonchev–Trinajstić information content (AvgIpc) is 1.35. The van der Waals surface area contributed by atoms with E-state index in [0.717, 1.165) is 6.61 Å². The van der Waals surface area contributed by atoms with Gasteiger partial charge in [0.05, 0.1) is 0 Å². The van der Waals surface area contributed by atoms with Crippen LogP contribution in [0.4, 0.5) is 0 Å². The zero-order chi connectivity index (χ0) is 4.99. The van der Waals surface area contributed by atoms with E-state index in [-0.39, 0.29) is 0 Å². The normalized spacial score (nSPS) is 14.5. The van der Waals surface area contributed by atoms with Crippen LogP contribution in [0.1, 0.15) is 6.92 Å². The maximum atomic E-state index is 5.42. The van der Waals surface area contributed by atoms with Crippen LogP contribution >= 0.6 is 18.7 Å². The van der Waals surface area contributed by atoms with Gasteiger partial charge >= 0.3 is 0 Å². The molecule has 3 heteroatoms. The van der Waals surface area contributed by atoms with Crippen LogP contribution in [-0.2, 0) is 4.52 Å². The molecule has 38 valence electrons. The van der Waals surface area contributed by atoms with Crippen LogP contribution in [0.15, 0.2) is 0 Å². The summed E-state index contributed by atoms with van der Waals surface area (Å²) >= 11 is 5.42. The minimum atomic E-state index is -0.628. The summed E-state index contributed by atoms with van der Waals surface area (Å²) in [5.74, 6) is 0. The van der Waals surface area contributed by atoms with E-state index in [1.54, 1.807) is 0 Å². The van der Waals surface area contributed by atoms with Crippen molar-refractivity contribution in [3.63, 3.8) is 0 Å². The minimum absolute atomic E-state index is 0.628. The number of hydrogen-bond acceptors (Lipinski definition) is 1. The van der Waals surface area contributed by atoms with Crippen molar-refractivity contribution in [1.29, 1.82) is 0 Å². The van der Waals surface area contributed by atoms with E-state index in [0.29, 0.717) is 0 Å². The molecule has 0 spiro atoms. The van der Waals surface area contributed by atoms with E-state index in [4.69, 9.17) is 15.8 Å². The molecule has 0 aliphatic carbocycles. The summed E-state index contributed by atoms with van der Waals surface area (Å²) in [5.41, 5.74) is 0. The van der Waals surface area contributed by atoms with Crippen molar-refractivity contribution in [2.24, 2.45) is 0 Å². The molecule has 1 unspecified atom stereocenters. The lowest BCUT2D eigenvalue weighted by molar-refractivity contribution is 0.388. The summed E-state index contributed by atoms with van der Waals surface area (Å²) in [6.45, 7) is 4.52. The molecule has 0 bridgehead atoms. The molecule has 0 heterocycles. The van der Waals surface area contributed by atoms with Crippen molar-refractivity contribution in [3.05, 3.63) is 0 Å². The van der Waals surface area contributed by atoms with Crippen LogP contribution in [-0.4, -0.2) is 13.3 Å². The van der Waals surface area contributed by atoms with Crippen molar-refractivity contribution in [2.45, 2.75) is 6.92 Å². The Labute approximate surface area is 44.3 Å². The van der Waals surface area contributed by atoms with Gasteiger partial charge in [-0.25, -0.2) is 0 Å². The zero-order valence-electron chi connectivity index (χ0n) is 3.94. The molecule has 1 nitrogen and oxygen atoms in total. The standard InChI is InChI=1S/C3H8ClOP/c1-3-5-6(2)4/h3H2,1-2H3. The van der Waals surface area contributed by atoms with Crippen molar-refractivity contribution < 1.29 is 4.52 Å². The largest absolute Gasteiger partial charge is 0.344 e. The second-order valence-electron chi connectivity index (χ2n) is 0.838. The number of rotatable bonds is 2. The van der Waals surface area contributed by atoms with Gasteiger partial charge in [0.15, 0.2) is 0 Å². The van der Waals surface area contributed by atoms with Crippen LogP contribution in [0.25, 0.3) is 0 Å². The first-order valence-corrected chi connectivity index (χ1v) is 4.41. The molecule has 0 aromatic rings. The Balaban J connectivity index is 2.63. The van der Waals surface area contributed by atoms with Crippen molar-refractivity contribution in [1.82, 2.24) is 0 Å². The van der Waals surface area contributed by atoms with Gasteiger partial charge in [0.1, 0.15) is 7.50 Å². The summed E-state index contributed by atoms with van der Waals surface area (Å²) in [6, 6.07) is 0. The second kappa shape index (κ2) is 3.86. The molecule has 0 fully saturated rings. The first kappa shape index (κ1) is 6.68. The summed E-state index contributed by atoms with van der Waals surface area (Å²) in [6.07, 6.45) is 0. The van der Waals surface area contributed by atoms with Crippen molar-refractivity contribution in [3.8, 4) is 0 Å². The topological polar surface area (TPSA) is 9.23 Å². The van der Waals surface area contributed by atoms with Gasteiger partial charge in [-0.15, -0.1) is 0 Å². The molecule has 0 saturated heterocycles. The molecule has 0 N–H and O–H groups in total. The molecule has 0 aromatic heterocycles. The molecule has 0 saturated carbocycles. The third-order valence-corrected chi connectivity index (χ3v) is 1.21. The van der Waals surface area contributed by atoms with Gasteiger partial charge in [-0.05, 0) is 13.6 Å². The summed E-state index contributed by atoms with van der Waals surface area (Å²) in [5, 5.41) is 0. The van der Waals surface area contributed by atoms with Crippen LogP contribution in [0.2, 0.25) is 0 Å². The van der Waals surface area contributed by atoms with Crippen LogP contribution in [0.3, 0.4) is 0 Å². The summed E-state index contributed by atoms with van der Waals surface area (Å²) in [7, 11) is -0.628. The SMILES string of the molecule is CCOP(C)Cl. The molecule has 0 rings (SSSR count). The maximum absolute atomic E-state index is 5.42. The van der Waals surface area contributed by atoms with Gasteiger partial charge in [-0.3, -0.25) is 0 Å². The highest BCUT2D eigenvalue weighted by molar-refractivity contribution is 7.79. The molecular formula is C3H8ClOP. The third-order valence-electron chi connectivity index (χ3n) is 0.307. The number of hydrogen-bond donors (Lipinski definition) is 0. The van der Waals surface area contributed by atoms with Gasteiger partial charge in [-0.1, -0.05) is 11.2 Å². The Hall–Kier alpha value is 0.680. The van der Waals surface area contributed by atoms with E-state index in [1.165, 1.54) is 0 Å². The molecule has 0 radical (unpaired) electrons. The fraction of sp³-hybridized carbons (Fsp3) is 1.00. The predicted molar refractivity (Wildman–Crippen MR) is 30.3 cm³/mol. The molecule has 0 aliphatic heterocycles. The van der Waals surface area contributed by atoms with Crippen LogP contribution < -0.4 is 0 Å². The fourth-order valence-electron chi connectivity index (χ4n) is 0.178. The highest BCUT2D eigenvalue weighted by Gasteiger charge is 1.87. The van der Waals surface area contributed by atoms with Crippen molar-refractivity contribution >= 4 is 18.7 Å². The highest BCUT2D eigenvalue weighted by Crippen LogP contribution is 2.36. The first-order valence-electron chi connectivity index (χ1n) is 1.79. The van der Waals surface area contributed by atoms with Crippen molar-refractivity contribution in [2.75, 3.05) is 13.3 Å². The molecule has 0 aliphatic rings. The molecule has 6 heavy (non-hydrogen) atoms. The lowest BCUT2D eigenvalue weighted by Crippen LogP contribution is -1.73. The molecule has 1 atom stereocenters. The minimum Gasteiger partial charge on any atom is -0.344 e. The monoisotopic (exact) mass is 126 g/mol. The average molecular weight is 127 g/mol. The van der Waals surface area contributed by atoms with E-state index in [2.05, 4.69) is 0 Å². The van der Waals surface area contributed by atoms with Gasteiger partial charge in [0.25, 0.3) is 0 Å². The van der Waals surface area contributed by atoms with Gasteiger partial charge < -0.3 is 4.52 Å². The van der Waals surface area contributed by atoms with Gasteiger partial charge in [0, 0.05) is 6.61 Å². The molecule has 0 amide bonds. The summed E-state index contributed by atoms with van der Waals surface area (Å²) in [4.78, 5) is 0. The Morgan fingerprint density at radius 2 is 2.33 bits per heavy atom. The first-order chi connectivity index (χ1) is 2.77. The van der Waals surface area contributed by atoms with E-state index >= 15 is 0 Å². The zero-order valence-corrected chi connectivity index (χ0v) is 5.59. The van der Waals surface area contributed by atoms with Crippen LogP contribution in [0, 0.1) is 0 Å². The quantitative estimate of drug-likeness (QED) is 0.516. The molecular weight excluding hydrogens is 118 g/mol. The lowest BCUT2D eigenvalue weighted by Gasteiger charge is -1.96. The van der Waals surface area contributed by atoms with Gasteiger partial charge in [0.2, 0.25) is 0 Å². The Bertz CT molecular complexity index is 32.0. The Morgan fingerprint density at radius 3 is 2.33 bits per heavy atom. The second-order valence-corrected chi connectivity index (χ2v) is 3.37. The van der Waals surface area contributed by atoms with E-state index < -0.39 is 7.50 Å². The summed E-state index contributed by atoms with van der Waals surface area (Å²) < 4.78 is 4.87. The lowest BCUT2D eigenvalue weighted by atomic mass is 10.9. The Morgan fingerprint density at radius 1 is 1.83 bits per heavy atom. The fourth-order valence-corrected chi connectivity index (χ4v) is 0.826. The smallest absolute Gasteiger partial charge is 0.121 e. The highest BCUT2D eigenvalue weighted by atomic mass is 35.7.